The molecule has 2 aromatic rings. The Morgan fingerprint density at radius 1 is 1.05 bits per heavy atom. The molecule has 220 valence electrons. The van der Waals surface area contributed by atoms with Gasteiger partial charge in [0.2, 0.25) is 0 Å². The molecule has 0 radical (unpaired) electrons. The number of nitrogens with zero attached hydrogens (tertiary/aromatic N) is 1. The van der Waals surface area contributed by atoms with Crippen molar-refractivity contribution in [2.24, 2.45) is 5.92 Å². The van der Waals surface area contributed by atoms with Crippen LogP contribution in [0.15, 0.2) is 42.5 Å². The minimum absolute atomic E-state index is 0.244. The molecule has 5 nitrogen and oxygen atoms in total. The van der Waals surface area contributed by atoms with Gasteiger partial charge in [0.1, 0.15) is 6.04 Å². The number of amides is 1. The predicted octanol–water partition coefficient (Wildman–Crippen LogP) is 7.21. The van der Waals surface area contributed by atoms with Crippen molar-refractivity contribution in [3.05, 3.63) is 59.2 Å². The van der Waals surface area contributed by atoms with E-state index >= 15 is 0 Å². The normalized spacial score (nSPS) is 15.6. The molecule has 0 saturated heterocycles. The van der Waals surface area contributed by atoms with E-state index in [0.717, 1.165) is 47.2 Å². The summed E-state index contributed by atoms with van der Waals surface area (Å²) < 4.78 is 4.98. The number of hydrogen-bond donors (Lipinski definition) is 1. The van der Waals surface area contributed by atoms with Crippen LogP contribution in [0.4, 0.5) is 0 Å². The minimum Gasteiger partial charge on any atom is -0.467 e. The molecule has 0 aliphatic heterocycles. The van der Waals surface area contributed by atoms with E-state index in [1.165, 1.54) is 51.2 Å². The Kier molecular flexibility index (Phi) is 13.9. The van der Waals surface area contributed by atoms with Gasteiger partial charge >= 0.3 is 5.97 Å². The van der Waals surface area contributed by atoms with Gasteiger partial charge in [-0.25, -0.2) is 4.79 Å². The topological polar surface area (TPSA) is 58.6 Å². The van der Waals surface area contributed by atoms with Crippen LogP contribution in [0.25, 0.3) is 11.1 Å². The van der Waals surface area contributed by atoms with Crippen LogP contribution in [0.1, 0.15) is 73.4 Å². The van der Waals surface area contributed by atoms with Gasteiger partial charge in [-0.1, -0.05) is 62.4 Å². The summed E-state index contributed by atoms with van der Waals surface area (Å²) in [6.07, 6.45) is 12.8. The molecule has 7 heteroatoms. The van der Waals surface area contributed by atoms with E-state index in [4.69, 9.17) is 4.74 Å². The average molecular weight is 585 g/mol. The monoisotopic (exact) mass is 584 g/mol. The maximum atomic E-state index is 13.6. The van der Waals surface area contributed by atoms with Crippen molar-refractivity contribution in [3.63, 3.8) is 0 Å². The van der Waals surface area contributed by atoms with Gasteiger partial charge in [-0.05, 0) is 91.8 Å². The number of carbonyl (C=O) groups is 2. The highest BCUT2D eigenvalue weighted by Crippen LogP contribution is 2.30. The zero-order valence-corrected chi connectivity index (χ0v) is 26.7. The highest BCUT2D eigenvalue weighted by Gasteiger charge is 2.25. The fourth-order valence-corrected chi connectivity index (χ4v) is 6.87. The van der Waals surface area contributed by atoms with Crippen molar-refractivity contribution in [1.82, 2.24) is 10.2 Å². The Hall–Kier alpha value is -1.96. The summed E-state index contributed by atoms with van der Waals surface area (Å²) in [4.78, 5) is 28.6. The number of ether oxygens (including phenoxy) is 1. The smallest absolute Gasteiger partial charge is 0.328 e. The Balaban J connectivity index is 1.90. The molecule has 0 heterocycles. The molecule has 1 aliphatic rings. The van der Waals surface area contributed by atoms with Crippen molar-refractivity contribution < 1.29 is 14.3 Å². The van der Waals surface area contributed by atoms with Crippen LogP contribution in [-0.4, -0.2) is 66.5 Å². The summed E-state index contributed by atoms with van der Waals surface area (Å²) in [5.41, 5.74) is 4.86. The molecule has 1 amide bonds. The molecule has 3 rings (SSSR count). The van der Waals surface area contributed by atoms with Gasteiger partial charge in [0, 0.05) is 23.9 Å². The molecule has 0 bridgehead atoms. The van der Waals surface area contributed by atoms with Crippen LogP contribution in [0.2, 0.25) is 0 Å². The van der Waals surface area contributed by atoms with E-state index in [0.29, 0.717) is 18.0 Å². The number of benzene rings is 2. The summed E-state index contributed by atoms with van der Waals surface area (Å²) >= 11 is 3.54. The SMILES string of the molecule is COC(=O)C(CCSC)NC(=O)c1ccc(CN(CCC2CCCCC2)[C@@H](C)CSC)cc1-c1ccccc1C. The van der Waals surface area contributed by atoms with Crippen LogP contribution >= 0.6 is 23.5 Å². The van der Waals surface area contributed by atoms with E-state index in [1.807, 2.05) is 36.2 Å². The van der Waals surface area contributed by atoms with Crippen molar-refractivity contribution in [1.29, 1.82) is 0 Å². The Labute approximate surface area is 250 Å². The highest BCUT2D eigenvalue weighted by atomic mass is 32.2. The van der Waals surface area contributed by atoms with Crippen molar-refractivity contribution in [3.8, 4) is 11.1 Å². The first-order chi connectivity index (χ1) is 19.4. The summed E-state index contributed by atoms with van der Waals surface area (Å²) in [5, 5.41) is 2.96. The molecule has 1 saturated carbocycles. The van der Waals surface area contributed by atoms with E-state index in [2.05, 4.69) is 54.6 Å². The van der Waals surface area contributed by atoms with Crippen molar-refractivity contribution in [2.45, 2.75) is 77.4 Å². The summed E-state index contributed by atoms with van der Waals surface area (Å²) in [5.74, 6) is 2.05. The second-order valence-electron chi connectivity index (χ2n) is 11.1. The highest BCUT2D eigenvalue weighted by molar-refractivity contribution is 7.98. The second kappa shape index (κ2) is 17.1. The van der Waals surface area contributed by atoms with Crippen molar-refractivity contribution >= 4 is 35.4 Å². The molecular formula is C33H48N2O3S2. The molecule has 1 unspecified atom stereocenters. The molecule has 2 atom stereocenters. The molecular weight excluding hydrogens is 537 g/mol. The Morgan fingerprint density at radius 2 is 1.80 bits per heavy atom. The summed E-state index contributed by atoms with van der Waals surface area (Å²) in [7, 11) is 1.37. The number of carbonyl (C=O) groups excluding carboxylic acids is 2. The molecule has 1 N–H and O–H groups in total. The third-order valence-electron chi connectivity index (χ3n) is 8.13. The first-order valence-electron chi connectivity index (χ1n) is 14.7. The van der Waals surface area contributed by atoms with Gasteiger partial charge in [0.15, 0.2) is 0 Å². The van der Waals surface area contributed by atoms with Crippen LogP contribution in [0.3, 0.4) is 0 Å². The van der Waals surface area contributed by atoms with Crippen LogP contribution in [-0.2, 0) is 16.1 Å². The predicted molar refractivity (Wildman–Crippen MR) is 172 cm³/mol. The number of rotatable bonds is 15. The zero-order valence-electron chi connectivity index (χ0n) is 25.0. The Morgan fingerprint density at radius 3 is 2.48 bits per heavy atom. The standard InChI is InChI=1S/C33H48N2O3S2/c1-24-11-9-10-14-28(24)30-21-27(15-16-29(30)32(36)34-31(18-20-39-4)33(37)38-3)22-35(25(2)23-40-5)19-17-26-12-7-6-8-13-26/h9-11,14-16,21,25-26,31H,6-8,12-13,17-20,22-23H2,1-5H3,(H,34,36)/t25-,31?/m0/s1. The lowest BCUT2D eigenvalue weighted by Crippen LogP contribution is -2.42. The fourth-order valence-electron chi connectivity index (χ4n) is 5.71. The minimum atomic E-state index is -0.669. The van der Waals surface area contributed by atoms with Crippen LogP contribution in [0.5, 0.6) is 0 Å². The molecule has 2 aromatic carbocycles. The lowest BCUT2D eigenvalue weighted by atomic mass is 9.87. The number of nitrogens with one attached hydrogen (secondary N) is 1. The van der Waals surface area contributed by atoms with E-state index in [-0.39, 0.29) is 5.91 Å². The number of esters is 1. The summed E-state index contributed by atoms with van der Waals surface area (Å²) in [6.45, 7) is 6.37. The zero-order chi connectivity index (χ0) is 28.9. The van der Waals surface area contributed by atoms with Crippen molar-refractivity contribution in [2.75, 3.05) is 37.7 Å². The van der Waals surface area contributed by atoms with Gasteiger partial charge in [0.25, 0.3) is 5.91 Å². The maximum Gasteiger partial charge on any atom is 0.328 e. The molecule has 40 heavy (non-hydrogen) atoms. The van der Waals surface area contributed by atoms with Gasteiger partial charge < -0.3 is 10.1 Å². The molecule has 0 aromatic heterocycles. The quantitative estimate of drug-likeness (QED) is 0.223. The third-order valence-corrected chi connectivity index (χ3v) is 9.59. The second-order valence-corrected chi connectivity index (χ2v) is 13.0. The molecule has 0 spiro atoms. The third kappa shape index (κ3) is 9.56. The van der Waals surface area contributed by atoms with Gasteiger partial charge in [-0.15, -0.1) is 0 Å². The van der Waals surface area contributed by atoms with E-state index < -0.39 is 12.0 Å². The lowest BCUT2D eigenvalue weighted by molar-refractivity contribution is -0.142. The van der Waals surface area contributed by atoms with Gasteiger partial charge in [-0.2, -0.15) is 23.5 Å². The average Bonchev–Trinajstić information content (AvgIpc) is 2.97. The van der Waals surface area contributed by atoms with Gasteiger partial charge in [-0.3, -0.25) is 9.69 Å². The number of aryl methyl sites for hydroxylation is 1. The first kappa shape index (κ1) is 32.6. The van der Waals surface area contributed by atoms with E-state index in [1.54, 1.807) is 11.8 Å². The summed E-state index contributed by atoms with van der Waals surface area (Å²) in [6, 6.07) is 14.2. The maximum absolute atomic E-state index is 13.6. The number of thioether (sulfide) groups is 2. The first-order valence-corrected chi connectivity index (χ1v) is 17.5. The number of methoxy groups -OCH3 is 1. The van der Waals surface area contributed by atoms with Gasteiger partial charge in [0.05, 0.1) is 7.11 Å². The van der Waals surface area contributed by atoms with Crippen LogP contribution < -0.4 is 5.32 Å². The Bertz CT molecular complexity index is 1090. The van der Waals surface area contributed by atoms with E-state index in [9.17, 15) is 9.59 Å². The van der Waals surface area contributed by atoms with Crippen LogP contribution in [0, 0.1) is 12.8 Å². The lowest BCUT2D eigenvalue weighted by Gasteiger charge is -2.31. The molecule has 1 fully saturated rings. The molecule has 1 aliphatic carbocycles. The fraction of sp³-hybridized carbons (Fsp3) is 0.576. The number of hydrogen-bond acceptors (Lipinski definition) is 6. The largest absolute Gasteiger partial charge is 0.467 e.